The van der Waals surface area contributed by atoms with E-state index in [1.165, 1.54) is 0 Å². The van der Waals surface area contributed by atoms with E-state index in [1.54, 1.807) is 0 Å². The summed E-state index contributed by atoms with van der Waals surface area (Å²) in [7, 11) is 0. The first kappa shape index (κ1) is 29.1. The Hall–Kier alpha value is -5.92. The lowest BCUT2D eigenvalue weighted by molar-refractivity contribution is -0.246. The standard InChI is InChI=1S/C30H22N8O4/c31-11-21(12-32)25-9-26(22(13-33)14-34)40-29(39-25)5-1-19(2-6-29)20-3-7-30(8-4-20)41-27(23(15-35)16-36)10-28(42-30)24(17-37)18-38/h19-20H,1-10H2. The van der Waals surface area contributed by atoms with Crippen LogP contribution in [0.1, 0.15) is 64.2 Å². The number of allylic oxidation sites excluding steroid dienone is 4. The van der Waals surface area contributed by atoms with E-state index in [2.05, 4.69) is 0 Å². The van der Waals surface area contributed by atoms with Crippen LogP contribution in [0, 0.1) is 102 Å². The van der Waals surface area contributed by atoms with E-state index in [0.717, 1.165) is 0 Å². The van der Waals surface area contributed by atoms with Crippen molar-refractivity contribution in [2.24, 2.45) is 11.8 Å². The summed E-state index contributed by atoms with van der Waals surface area (Å²) in [5.41, 5.74) is -0.921. The molecule has 42 heavy (non-hydrogen) atoms. The SMILES string of the molecule is N#CC(C#N)=C1CC(=C(C#N)C#N)OC2(CCC(C3CCC4(CC3)OC(=C(C#N)C#N)CC(=C(C#N)C#N)O4)CC2)O1. The molecule has 4 rings (SSSR count). The minimum atomic E-state index is -1.20. The first-order valence-corrected chi connectivity index (χ1v) is 13.2. The zero-order valence-corrected chi connectivity index (χ0v) is 22.4. The molecule has 0 radical (unpaired) electrons. The van der Waals surface area contributed by atoms with Crippen molar-refractivity contribution in [3.63, 3.8) is 0 Å². The van der Waals surface area contributed by atoms with E-state index in [4.69, 9.17) is 18.9 Å². The van der Waals surface area contributed by atoms with Gasteiger partial charge in [-0.15, -0.1) is 0 Å². The Kier molecular flexibility index (Phi) is 8.36. The molecular weight excluding hydrogens is 536 g/mol. The van der Waals surface area contributed by atoms with Crippen molar-refractivity contribution in [2.45, 2.75) is 75.8 Å². The van der Waals surface area contributed by atoms with Crippen LogP contribution in [0.4, 0.5) is 0 Å². The van der Waals surface area contributed by atoms with Gasteiger partial charge in [-0.1, -0.05) is 0 Å². The summed E-state index contributed by atoms with van der Waals surface area (Å²) in [5.74, 6) is -1.52. The third kappa shape index (κ3) is 5.54. The minimum absolute atomic E-state index is 0.0878. The fourth-order valence-corrected chi connectivity index (χ4v) is 6.04. The first-order valence-electron chi connectivity index (χ1n) is 13.2. The van der Waals surface area contributed by atoms with Crippen molar-refractivity contribution in [3.05, 3.63) is 45.3 Å². The van der Waals surface area contributed by atoms with Crippen LogP contribution in [0.3, 0.4) is 0 Å². The number of hydrogen-bond acceptors (Lipinski definition) is 12. The highest BCUT2D eigenvalue weighted by atomic mass is 16.7. The number of hydrogen-bond donors (Lipinski definition) is 0. The molecule has 4 aliphatic rings. The predicted molar refractivity (Wildman–Crippen MR) is 136 cm³/mol. The van der Waals surface area contributed by atoms with Gasteiger partial charge in [0.15, 0.2) is 22.3 Å². The van der Waals surface area contributed by atoms with Crippen LogP contribution < -0.4 is 0 Å². The van der Waals surface area contributed by atoms with E-state index in [-0.39, 0.29) is 70.0 Å². The molecule has 2 saturated carbocycles. The van der Waals surface area contributed by atoms with Gasteiger partial charge in [0, 0.05) is 25.7 Å². The van der Waals surface area contributed by atoms with Crippen molar-refractivity contribution >= 4 is 0 Å². The topological polar surface area (TPSA) is 227 Å². The summed E-state index contributed by atoms with van der Waals surface area (Å²) in [4.78, 5) is 0. The molecule has 0 amide bonds. The number of ether oxygens (including phenoxy) is 4. The smallest absolute Gasteiger partial charge is 0.250 e. The van der Waals surface area contributed by atoms with E-state index in [1.807, 2.05) is 48.6 Å². The molecule has 0 bridgehead atoms. The zero-order chi connectivity index (χ0) is 30.3. The molecule has 2 saturated heterocycles. The lowest BCUT2D eigenvalue weighted by atomic mass is 9.70. The molecular formula is C30H22N8O4. The van der Waals surface area contributed by atoms with Crippen molar-refractivity contribution < 1.29 is 18.9 Å². The first-order chi connectivity index (χ1) is 20.3. The summed E-state index contributed by atoms with van der Waals surface area (Å²) >= 11 is 0. The van der Waals surface area contributed by atoms with Gasteiger partial charge in [0.1, 0.15) is 71.6 Å². The maximum Gasteiger partial charge on any atom is 0.250 e. The van der Waals surface area contributed by atoms with Crippen LogP contribution in [0.15, 0.2) is 45.3 Å². The fraction of sp³-hybridized carbons (Fsp3) is 0.467. The van der Waals surface area contributed by atoms with Gasteiger partial charge in [-0.2, -0.15) is 42.1 Å². The lowest BCUT2D eigenvalue weighted by Gasteiger charge is -2.48. The predicted octanol–water partition coefficient (Wildman–Crippen LogP) is 4.84. The number of nitrogens with zero attached hydrogens (tertiary/aromatic N) is 8. The Balaban J connectivity index is 1.50. The van der Waals surface area contributed by atoms with E-state index < -0.39 is 11.6 Å². The largest absolute Gasteiger partial charge is 0.454 e. The van der Waals surface area contributed by atoms with Crippen LogP contribution >= 0.6 is 0 Å². The van der Waals surface area contributed by atoms with E-state index >= 15 is 0 Å². The molecule has 2 aliphatic heterocycles. The van der Waals surface area contributed by atoms with E-state index in [0.29, 0.717) is 51.4 Å². The molecule has 206 valence electrons. The van der Waals surface area contributed by atoms with Crippen molar-refractivity contribution in [1.82, 2.24) is 0 Å². The Morgan fingerprint density at radius 1 is 0.429 bits per heavy atom. The second-order valence-electron chi connectivity index (χ2n) is 10.3. The third-order valence-electron chi connectivity index (χ3n) is 8.14. The normalized spacial score (nSPS) is 27.6. The average Bonchev–Trinajstić information content (AvgIpc) is 3.00. The monoisotopic (exact) mass is 558 g/mol. The van der Waals surface area contributed by atoms with Gasteiger partial charge >= 0.3 is 0 Å². The Morgan fingerprint density at radius 2 is 0.643 bits per heavy atom. The van der Waals surface area contributed by atoms with Gasteiger partial charge in [0.2, 0.25) is 0 Å². The Bertz CT molecular complexity index is 1350. The molecule has 0 aromatic heterocycles. The maximum absolute atomic E-state index is 9.38. The average molecular weight is 559 g/mol. The molecule has 2 heterocycles. The van der Waals surface area contributed by atoms with Crippen LogP contribution in [0.5, 0.6) is 0 Å². The highest BCUT2D eigenvalue weighted by Crippen LogP contribution is 2.51. The van der Waals surface area contributed by atoms with Gasteiger partial charge in [0.05, 0.1) is 12.8 Å². The van der Waals surface area contributed by atoms with Crippen molar-refractivity contribution in [1.29, 1.82) is 42.1 Å². The number of rotatable bonds is 1. The third-order valence-corrected chi connectivity index (χ3v) is 8.14. The van der Waals surface area contributed by atoms with Gasteiger partial charge in [0.25, 0.3) is 11.6 Å². The molecule has 2 aliphatic carbocycles. The molecule has 0 unspecified atom stereocenters. The molecule has 12 heteroatoms. The Morgan fingerprint density at radius 3 is 0.833 bits per heavy atom. The summed E-state index contributed by atoms with van der Waals surface area (Å²) < 4.78 is 24.3. The highest BCUT2D eigenvalue weighted by molar-refractivity contribution is 5.45. The molecule has 12 nitrogen and oxygen atoms in total. The van der Waals surface area contributed by atoms with Crippen LogP contribution in [-0.4, -0.2) is 11.6 Å². The van der Waals surface area contributed by atoms with Crippen LogP contribution in [-0.2, 0) is 18.9 Å². The maximum atomic E-state index is 9.38. The minimum Gasteiger partial charge on any atom is -0.454 e. The summed E-state index contributed by atoms with van der Waals surface area (Å²) in [5, 5.41) is 75.1. The van der Waals surface area contributed by atoms with Crippen molar-refractivity contribution in [3.8, 4) is 48.6 Å². The lowest BCUT2D eigenvalue weighted by Crippen LogP contribution is -2.46. The second kappa shape index (κ2) is 12.1. The quantitative estimate of drug-likeness (QED) is 0.394. The van der Waals surface area contributed by atoms with Crippen LogP contribution in [0.2, 0.25) is 0 Å². The summed E-state index contributed by atoms with van der Waals surface area (Å²) in [6, 6.07) is 14.5. The van der Waals surface area contributed by atoms with Crippen molar-refractivity contribution in [2.75, 3.05) is 0 Å². The van der Waals surface area contributed by atoms with Crippen LogP contribution in [0.25, 0.3) is 0 Å². The van der Waals surface area contributed by atoms with Gasteiger partial charge < -0.3 is 18.9 Å². The molecule has 0 N–H and O–H groups in total. The number of nitriles is 8. The second-order valence-corrected chi connectivity index (χ2v) is 10.3. The summed E-state index contributed by atoms with van der Waals surface area (Å²) in [6.45, 7) is 0. The van der Waals surface area contributed by atoms with Gasteiger partial charge in [-0.3, -0.25) is 0 Å². The van der Waals surface area contributed by atoms with Gasteiger partial charge in [-0.05, 0) is 37.5 Å². The highest BCUT2D eigenvalue weighted by Gasteiger charge is 2.49. The molecule has 0 atom stereocenters. The zero-order valence-electron chi connectivity index (χ0n) is 22.4. The molecule has 4 fully saturated rings. The Labute approximate surface area is 242 Å². The van der Waals surface area contributed by atoms with Gasteiger partial charge in [-0.25, -0.2) is 0 Å². The fourth-order valence-electron chi connectivity index (χ4n) is 6.04. The summed E-state index contributed by atoms with van der Waals surface area (Å²) in [6.07, 6.45) is 4.10. The molecule has 0 aromatic carbocycles. The molecule has 2 spiro atoms. The van der Waals surface area contributed by atoms with E-state index in [9.17, 15) is 42.1 Å². The molecule has 0 aromatic rings.